The van der Waals surface area contributed by atoms with E-state index in [1.54, 1.807) is 6.08 Å². The number of esters is 2. The van der Waals surface area contributed by atoms with E-state index in [-0.39, 0.29) is 13.2 Å². The molecule has 0 fully saturated rings. The molecule has 0 aliphatic heterocycles. The Morgan fingerprint density at radius 1 is 0.893 bits per heavy atom. The molecule has 0 aliphatic rings. The number of hydrogen-bond donors (Lipinski definition) is 1. The van der Waals surface area contributed by atoms with Crippen LogP contribution in [0.4, 0.5) is 0 Å². The van der Waals surface area contributed by atoms with Crippen molar-refractivity contribution in [3.8, 4) is 0 Å². The number of aliphatic hydroxyl groups is 1. The molecule has 1 N–H and O–H groups in total. The summed E-state index contributed by atoms with van der Waals surface area (Å²) in [6.07, 6.45) is 2.81. The number of ether oxygens (including phenoxy) is 2. The molecule has 2 aromatic carbocycles. The van der Waals surface area contributed by atoms with Gasteiger partial charge in [0, 0.05) is 24.1 Å². The lowest BCUT2D eigenvalue weighted by atomic mass is 9.98. The van der Waals surface area contributed by atoms with Crippen molar-refractivity contribution in [2.45, 2.75) is 20.8 Å². The van der Waals surface area contributed by atoms with E-state index in [1.165, 1.54) is 13.0 Å². The maximum Gasteiger partial charge on any atom is 0.330 e. The maximum absolute atomic E-state index is 11.9. The molecule has 0 bridgehead atoms. The first kappa shape index (κ1) is 21.1. The third kappa shape index (κ3) is 6.21. The van der Waals surface area contributed by atoms with Crippen LogP contribution in [0.3, 0.4) is 0 Å². The second-order valence-corrected chi connectivity index (χ2v) is 6.29. The van der Waals surface area contributed by atoms with Gasteiger partial charge in [-0.25, -0.2) is 4.79 Å². The Morgan fingerprint density at radius 3 is 1.93 bits per heavy atom. The van der Waals surface area contributed by atoms with E-state index in [4.69, 9.17) is 14.6 Å². The smallest absolute Gasteiger partial charge is 0.330 e. The molecule has 0 spiro atoms. The van der Waals surface area contributed by atoms with Gasteiger partial charge in [-0.1, -0.05) is 59.7 Å². The van der Waals surface area contributed by atoms with E-state index in [2.05, 4.69) is 0 Å². The summed E-state index contributed by atoms with van der Waals surface area (Å²) in [6, 6.07) is 15.2. The van der Waals surface area contributed by atoms with E-state index in [1.807, 2.05) is 62.4 Å². The Bertz CT molecular complexity index is 874. The highest BCUT2D eigenvalue weighted by molar-refractivity contribution is 5.98. The van der Waals surface area contributed by atoms with Crippen molar-refractivity contribution < 1.29 is 24.2 Å². The van der Waals surface area contributed by atoms with Gasteiger partial charge in [0.25, 0.3) is 0 Å². The van der Waals surface area contributed by atoms with Gasteiger partial charge in [-0.05, 0) is 25.5 Å². The maximum atomic E-state index is 11.9. The zero-order valence-corrected chi connectivity index (χ0v) is 16.3. The SMILES string of the molecule is CC(=O)O/C(=C(/C=C/C(=O)OCCO)c1ccc(C)cc1)c1ccc(C)cc1. The van der Waals surface area contributed by atoms with Crippen LogP contribution in [0.15, 0.2) is 60.7 Å². The largest absolute Gasteiger partial charge is 0.460 e. The average molecular weight is 380 g/mol. The van der Waals surface area contributed by atoms with Crippen molar-refractivity contribution in [2.24, 2.45) is 0 Å². The lowest BCUT2D eigenvalue weighted by molar-refractivity contribution is -0.138. The number of aryl methyl sites for hydroxylation is 2. The zero-order valence-electron chi connectivity index (χ0n) is 16.3. The lowest BCUT2D eigenvalue weighted by Crippen LogP contribution is -2.06. The summed E-state index contributed by atoms with van der Waals surface area (Å²) in [6.45, 7) is 4.95. The predicted molar refractivity (Wildman–Crippen MR) is 108 cm³/mol. The second-order valence-electron chi connectivity index (χ2n) is 6.29. The minimum Gasteiger partial charge on any atom is -0.460 e. The molecule has 0 unspecified atom stereocenters. The summed E-state index contributed by atoms with van der Waals surface area (Å²) in [4.78, 5) is 23.6. The molecular formula is C23H24O5. The average Bonchev–Trinajstić information content (AvgIpc) is 2.67. The highest BCUT2D eigenvalue weighted by Crippen LogP contribution is 2.29. The van der Waals surface area contributed by atoms with Gasteiger partial charge >= 0.3 is 11.9 Å². The van der Waals surface area contributed by atoms with Crippen molar-refractivity contribution >= 4 is 23.3 Å². The molecule has 5 nitrogen and oxygen atoms in total. The molecule has 28 heavy (non-hydrogen) atoms. The fourth-order valence-electron chi connectivity index (χ4n) is 2.50. The van der Waals surface area contributed by atoms with Gasteiger partial charge in [-0.15, -0.1) is 0 Å². The summed E-state index contributed by atoms with van der Waals surface area (Å²) < 4.78 is 10.4. The van der Waals surface area contributed by atoms with E-state index >= 15 is 0 Å². The number of hydrogen-bond acceptors (Lipinski definition) is 5. The van der Waals surface area contributed by atoms with Crippen LogP contribution >= 0.6 is 0 Å². The van der Waals surface area contributed by atoms with Crippen molar-refractivity contribution in [3.05, 3.63) is 82.9 Å². The molecule has 0 aromatic heterocycles. The summed E-state index contributed by atoms with van der Waals surface area (Å²) in [7, 11) is 0. The molecule has 2 aromatic rings. The summed E-state index contributed by atoms with van der Waals surface area (Å²) >= 11 is 0. The highest BCUT2D eigenvalue weighted by Gasteiger charge is 2.14. The zero-order chi connectivity index (χ0) is 20.5. The van der Waals surface area contributed by atoms with Crippen LogP contribution in [-0.2, 0) is 19.1 Å². The molecule has 146 valence electrons. The number of allylic oxidation sites excluding steroid dienone is 2. The quantitative estimate of drug-likeness (QED) is 0.260. The number of benzene rings is 2. The molecule has 5 heteroatoms. The van der Waals surface area contributed by atoms with Crippen LogP contribution in [0.1, 0.15) is 29.2 Å². The molecule has 0 atom stereocenters. The normalized spacial score (nSPS) is 11.9. The van der Waals surface area contributed by atoms with E-state index in [0.29, 0.717) is 16.9 Å². The Kier molecular flexibility index (Phi) is 7.72. The van der Waals surface area contributed by atoms with Crippen molar-refractivity contribution in [2.75, 3.05) is 13.2 Å². The molecular weight excluding hydrogens is 356 g/mol. The Hall–Kier alpha value is -3.18. The number of carbonyl (C=O) groups is 2. The third-order valence-corrected chi connectivity index (χ3v) is 3.89. The van der Waals surface area contributed by atoms with Crippen LogP contribution in [0.2, 0.25) is 0 Å². The molecule has 0 aliphatic carbocycles. The minimum absolute atomic E-state index is 0.0818. The summed E-state index contributed by atoms with van der Waals surface area (Å²) in [5.41, 5.74) is 4.23. The first-order valence-electron chi connectivity index (χ1n) is 8.93. The van der Waals surface area contributed by atoms with Crippen molar-refractivity contribution in [1.29, 1.82) is 0 Å². The van der Waals surface area contributed by atoms with E-state index in [0.717, 1.165) is 16.7 Å². The van der Waals surface area contributed by atoms with E-state index < -0.39 is 11.9 Å². The summed E-state index contributed by atoms with van der Waals surface area (Å²) in [5, 5.41) is 8.79. The Labute approximate surface area is 164 Å². The van der Waals surface area contributed by atoms with Crippen LogP contribution in [0, 0.1) is 13.8 Å². The summed E-state index contributed by atoms with van der Waals surface area (Å²) in [5.74, 6) is -0.705. The molecule has 0 amide bonds. The van der Waals surface area contributed by atoms with Crippen LogP contribution in [0.5, 0.6) is 0 Å². The van der Waals surface area contributed by atoms with Gasteiger partial charge < -0.3 is 14.6 Å². The van der Waals surface area contributed by atoms with Gasteiger partial charge in [0.05, 0.1) is 6.61 Å². The van der Waals surface area contributed by atoms with Crippen LogP contribution in [-0.4, -0.2) is 30.3 Å². The van der Waals surface area contributed by atoms with Crippen LogP contribution in [0.25, 0.3) is 11.3 Å². The molecule has 2 rings (SSSR count). The van der Waals surface area contributed by atoms with Gasteiger partial charge in [-0.3, -0.25) is 4.79 Å². The fourth-order valence-corrected chi connectivity index (χ4v) is 2.50. The Balaban J connectivity index is 2.59. The lowest BCUT2D eigenvalue weighted by Gasteiger charge is -2.14. The predicted octanol–water partition coefficient (Wildman–Crippen LogP) is 3.83. The van der Waals surface area contributed by atoms with Gasteiger partial charge in [0.2, 0.25) is 0 Å². The second kappa shape index (κ2) is 10.2. The molecule has 0 radical (unpaired) electrons. The highest BCUT2D eigenvalue weighted by atomic mass is 16.5. The van der Waals surface area contributed by atoms with Crippen LogP contribution < -0.4 is 0 Å². The number of carbonyl (C=O) groups excluding carboxylic acids is 2. The monoisotopic (exact) mass is 380 g/mol. The number of rotatable bonds is 7. The Morgan fingerprint density at radius 2 is 1.43 bits per heavy atom. The van der Waals surface area contributed by atoms with Gasteiger partial charge in [0.1, 0.15) is 12.4 Å². The fraction of sp³-hybridized carbons (Fsp3) is 0.217. The molecule has 0 heterocycles. The third-order valence-electron chi connectivity index (χ3n) is 3.89. The van der Waals surface area contributed by atoms with Gasteiger partial charge in [-0.2, -0.15) is 0 Å². The van der Waals surface area contributed by atoms with Crippen molar-refractivity contribution in [3.63, 3.8) is 0 Å². The molecule has 0 saturated heterocycles. The van der Waals surface area contributed by atoms with Crippen molar-refractivity contribution in [1.82, 2.24) is 0 Å². The topological polar surface area (TPSA) is 72.8 Å². The first-order valence-corrected chi connectivity index (χ1v) is 8.93. The van der Waals surface area contributed by atoms with E-state index in [9.17, 15) is 9.59 Å². The number of aliphatic hydroxyl groups excluding tert-OH is 1. The molecule has 0 saturated carbocycles. The minimum atomic E-state index is -0.593. The first-order chi connectivity index (χ1) is 13.4. The van der Waals surface area contributed by atoms with Gasteiger partial charge in [0.15, 0.2) is 0 Å². The standard InChI is InChI=1S/C23H24O5/c1-16-4-8-19(9-5-16)21(12-13-22(26)27-15-14-24)23(28-18(3)25)20-10-6-17(2)7-11-20/h4-13,24H,14-15H2,1-3H3/b13-12+,23-21-.